The minimum atomic E-state index is -0.758. The van der Waals surface area contributed by atoms with Gasteiger partial charge in [-0.25, -0.2) is 9.59 Å². The van der Waals surface area contributed by atoms with E-state index in [0.717, 1.165) is 5.56 Å². The van der Waals surface area contributed by atoms with Gasteiger partial charge in [0.25, 0.3) is 5.91 Å². The maximum absolute atomic E-state index is 12.6. The van der Waals surface area contributed by atoms with Crippen LogP contribution < -0.4 is 10.6 Å². The van der Waals surface area contributed by atoms with E-state index in [0.29, 0.717) is 18.6 Å². The number of benzene rings is 1. The van der Waals surface area contributed by atoms with Crippen molar-refractivity contribution < 1.29 is 23.9 Å². The second kappa shape index (κ2) is 8.06. The second-order valence-electron chi connectivity index (χ2n) is 8.10. The third-order valence-electron chi connectivity index (χ3n) is 4.71. The maximum atomic E-state index is 12.6. The zero-order valence-electron chi connectivity index (χ0n) is 16.7. The number of fused-ring (bicyclic) bond motifs is 1. The van der Waals surface area contributed by atoms with Crippen LogP contribution in [0.4, 0.5) is 4.79 Å². The minimum absolute atomic E-state index is 0.102. The number of amides is 4. The van der Waals surface area contributed by atoms with Crippen LogP contribution in [0.25, 0.3) is 0 Å². The van der Waals surface area contributed by atoms with Gasteiger partial charge in [0, 0.05) is 17.7 Å². The molecule has 9 heteroatoms. The molecule has 1 aromatic carbocycles. The lowest BCUT2D eigenvalue weighted by Crippen LogP contribution is -2.50. The number of ether oxygens (including phenoxy) is 1. The van der Waals surface area contributed by atoms with Crippen molar-refractivity contribution in [1.29, 1.82) is 0 Å². The Balaban J connectivity index is 1.61. The summed E-state index contributed by atoms with van der Waals surface area (Å²) < 4.78 is 5.12. The minimum Gasteiger partial charge on any atom is -0.454 e. The van der Waals surface area contributed by atoms with Crippen LogP contribution in [-0.4, -0.2) is 52.7 Å². The van der Waals surface area contributed by atoms with Crippen molar-refractivity contribution in [1.82, 2.24) is 15.5 Å². The molecule has 2 aliphatic rings. The summed E-state index contributed by atoms with van der Waals surface area (Å²) in [5, 5.41) is 4.70. The molecule has 2 atom stereocenters. The Morgan fingerprint density at radius 3 is 2.59 bits per heavy atom. The molecule has 0 unspecified atom stereocenters. The second-order valence-corrected chi connectivity index (χ2v) is 9.40. The first-order valence-corrected chi connectivity index (χ1v) is 10.4. The molecule has 0 bridgehead atoms. The van der Waals surface area contributed by atoms with Gasteiger partial charge in [-0.15, -0.1) is 11.8 Å². The van der Waals surface area contributed by atoms with E-state index < -0.39 is 41.0 Å². The molecule has 0 spiro atoms. The first kappa shape index (κ1) is 21.2. The molecule has 156 valence electrons. The van der Waals surface area contributed by atoms with Crippen LogP contribution in [0, 0.1) is 0 Å². The highest BCUT2D eigenvalue weighted by Gasteiger charge is 2.57. The molecule has 0 saturated carbocycles. The molecule has 0 aliphatic carbocycles. The number of urea groups is 1. The smallest absolute Gasteiger partial charge is 0.330 e. The number of thioether (sulfide) groups is 1. The molecule has 2 saturated heterocycles. The number of carbonyl (C=O) groups is 4. The van der Waals surface area contributed by atoms with Crippen molar-refractivity contribution in [3.05, 3.63) is 35.9 Å². The number of nitrogens with one attached hydrogen (secondary N) is 2. The van der Waals surface area contributed by atoms with Gasteiger partial charge in [0.15, 0.2) is 6.61 Å². The maximum Gasteiger partial charge on any atom is 0.330 e. The highest BCUT2D eigenvalue weighted by atomic mass is 32.2. The third kappa shape index (κ3) is 4.55. The van der Waals surface area contributed by atoms with Gasteiger partial charge >= 0.3 is 12.0 Å². The monoisotopic (exact) mass is 419 g/mol. The quantitative estimate of drug-likeness (QED) is 0.721. The van der Waals surface area contributed by atoms with Crippen molar-refractivity contribution in [3.8, 4) is 0 Å². The number of carbonyl (C=O) groups excluding carboxylic acids is 4. The van der Waals surface area contributed by atoms with Crippen LogP contribution in [0.5, 0.6) is 0 Å². The predicted octanol–water partition coefficient (Wildman–Crippen LogP) is 1.74. The summed E-state index contributed by atoms with van der Waals surface area (Å²) in [6.07, 6.45) is 0.983. The number of imide groups is 1. The van der Waals surface area contributed by atoms with E-state index in [4.69, 9.17) is 4.74 Å². The lowest BCUT2D eigenvalue weighted by molar-refractivity contribution is -0.156. The molecule has 2 N–H and O–H groups in total. The van der Waals surface area contributed by atoms with Gasteiger partial charge in [0.05, 0.1) is 0 Å². The Morgan fingerprint density at radius 2 is 1.93 bits per heavy atom. The van der Waals surface area contributed by atoms with E-state index in [2.05, 4.69) is 10.6 Å². The van der Waals surface area contributed by atoms with Gasteiger partial charge in [0.2, 0.25) is 5.91 Å². The van der Waals surface area contributed by atoms with Gasteiger partial charge in [-0.05, 0) is 32.8 Å². The Labute approximate surface area is 173 Å². The Hall–Kier alpha value is -2.55. The average Bonchev–Trinajstić information content (AvgIpc) is 3.18. The zero-order chi connectivity index (χ0) is 21.2. The molecule has 2 fully saturated rings. The predicted molar refractivity (Wildman–Crippen MR) is 108 cm³/mol. The van der Waals surface area contributed by atoms with Crippen molar-refractivity contribution >= 4 is 35.6 Å². The van der Waals surface area contributed by atoms with Crippen LogP contribution in [0.3, 0.4) is 0 Å². The molecule has 1 aromatic rings. The van der Waals surface area contributed by atoms with E-state index in [1.807, 2.05) is 30.3 Å². The lowest BCUT2D eigenvalue weighted by Gasteiger charge is -2.33. The van der Waals surface area contributed by atoms with Crippen LogP contribution in [0.15, 0.2) is 30.3 Å². The van der Waals surface area contributed by atoms with Crippen molar-refractivity contribution in [3.63, 3.8) is 0 Å². The Kier molecular flexibility index (Phi) is 5.88. The van der Waals surface area contributed by atoms with E-state index in [-0.39, 0.29) is 5.91 Å². The fraction of sp³-hybridized carbons (Fsp3) is 0.500. The summed E-state index contributed by atoms with van der Waals surface area (Å²) in [7, 11) is 0. The molecule has 0 aromatic heterocycles. The fourth-order valence-electron chi connectivity index (χ4n) is 3.58. The largest absolute Gasteiger partial charge is 0.454 e. The fourth-order valence-corrected chi connectivity index (χ4v) is 5.22. The molecule has 29 heavy (non-hydrogen) atoms. The summed E-state index contributed by atoms with van der Waals surface area (Å²) in [5.74, 6) is -1.08. The molecule has 2 heterocycles. The highest BCUT2D eigenvalue weighted by Crippen LogP contribution is 2.54. The van der Waals surface area contributed by atoms with Gasteiger partial charge in [-0.2, -0.15) is 0 Å². The molecular weight excluding hydrogens is 394 g/mol. The number of hydrogen-bond donors (Lipinski definition) is 2. The first-order chi connectivity index (χ1) is 13.6. The standard InChI is InChI=1S/C20H25N3O5S/c1-19(2,3)22-18(27)21-15(24)11-28-17(26)14-12-29-20(10-9-16(25)23(14)20)13-7-5-4-6-8-13/h4-8,14H,9-12H2,1-3H3,(H2,21,22,24,27)/t14-,20+/m1/s1. The topological polar surface area (TPSA) is 105 Å². The third-order valence-corrected chi connectivity index (χ3v) is 6.31. The van der Waals surface area contributed by atoms with Crippen molar-refractivity contribution in [2.45, 2.75) is 50.1 Å². The van der Waals surface area contributed by atoms with Crippen molar-refractivity contribution in [2.24, 2.45) is 0 Å². The number of hydrogen-bond acceptors (Lipinski definition) is 6. The van der Waals surface area contributed by atoms with Gasteiger partial charge in [-0.1, -0.05) is 30.3 Å². The Bertz CT molecular complexity index is 823. The number of nitrogens with zero attached hydrogens (tertiary/aromatic N) is 1. The molecule has 2 aliphatic heterocycles. The van der Waals surface area contributed by atoms with Crippen LogP contribution in [0.2, 0.25) is 0 Å². The van der Waals surface area contributed by atoms with Gasteiger partial charge in [0.1, 0.15) is 10.9 Å². The summed E-state index contributed by atoms with van der Waals surface area (Å²) in [5.41, 5.74) is 0.474. The van der Waals surface area contributed by atoms with Crippen molar-refractivity contribution in [2.75, 3.05) is 12.4 Å². The van der Waals surface area contributed by atoms with Gasteiger partial charge < -0.3 is 15.0 Å². The number of rotatable bonds is 4. The van der Waals surface area contributed by atoms with E-state index in [9.17, 15) is 19.2 Å². The van der Waals surface area contributed by atoms with E-state index in [1.54, 1.807) is 37.4 Å². The Morgan fingerprint density at radius 1 is 1.24 bits per heavy atom. The van der Waals surface area contributed by atoms with E-state index >= 15 is 0 Å². The average molecular weight is 420 g/mol. The SMILES string of the molecule is CC(C)(C)NC(=O)NC(=O)COC(=O)[C@H]1CS[C@]2(c3ccccc3)CCC(=O)N12. The summed E-state index contributed by atoms with van der Waals surface area (Å²) in [6, 6.07) is 8.20. The summed E-state index contributed by atoms with van der Waals surface area (Å²) in [4.78, 5) is 49.8. The molecule has 3 rings (SSSR count). The zero-order valence-corrected chi connectivity index (χ0v) is 17.5. The van der Waals surface area contributed by atoms with Crippen LogP contribution in [0.1, 0.15) is 39.2 Å². The molecule has 0 radical (unpaired) electrons. The van der Waals surface area contributed by atoms with Gasteiger partial charge in [-0.3, -0.25) is 14.9 Å². The van der Waals surface area contributed by atoms with Crippen LogP contribution in [-0.2, 0) is 24.0 Å². The summed E-state index contributed by atoms with van der Waals surface area (Å²) >= 11 is 1.54. The van der Waals surface area contributed by atoms with E-state index in [1.165, 1.54) is 0 Å². The molecule has 8 nitrogen and oxygen atoms in total. The first-order valence-electron chi connectivity index (χ1n) is 9.43. The molecule has 4 amide bonds. The highest BCUT2D eigenvalue weighted by molar-refractivity contribution is 8.00. The summed E-state index contributed by atoms with van der Waals surface area (Å²) in [6.45, 7) is 4.75. The van der Waals surface area contributed by atoms with Crippen LogP contribution >= 0.6 is 11.8 Å². The lowest BCUT2D eigenvalue weighted by atomic mass is 10.0. The molecular formula is C20H25N3O5S. The number of esters is 1. The normalized spacial score (nSPS) is 23.5.